The number of ketones is 1. The molecule has 1 heterocycles. The van der Waals surface area contributed by atoms with Gasteiger partial charge in [0.1, 0.15) is 11.5 Å². The summed E-state index contributed by atoms with van der Waals surface area (Å²) in [4.78, 5) is 36.6. The van der Waals surface area contributed by atoms with Crippen LogP contribution in [0.1, 0.15) is 31.7 Å². The van der Waals surface area contributed by atoms with E-state index in [1.54, 1.807) is 36.1 Å². The van der Waals surface area contributed by atoms with Crippen LogP contribution in [0.5, 0.6) is 5.75 Å². The van der Waals surface area contributed by atoms with Crippen LogP contribution >= 0.6 is 0 Å². The number of nitrogens with zero attached hydrogens (tertiary/aromatic N) is 1. The minimum Gasteiger partial charge on any atom is -0.484 e. The van der Waals surface area contributed by atoms with Crippen molar-refractivity contribution in [1.82, 2.24) is 0 Å². The largest absolute Gasteiger partial charge is 0.484 e. The number of rotatable bonds is 8. The second-order valence-electron chi connectivity index (χ2n) is 6.88. The fourth-order valence-electron chi connectivity index (χ4n) is 3.06. The molecule has 6 heteroatoms. The summed E-state index contributed by atoms with van der Waals surface area (Å²) in [6, 6.07) is 14.6. The molecular weight excluding hydrogens is 356 g/mol. The Labute approximate surface area is 164 Å². The van der Waals surface area contributed by atoms with Gasteiger partial charge in [0.25, 0.3) is 5.91 Å². The number of hydrogen-bond acceptors (Lipinski definition) is 4. The molecule has 0 unspecified atom stereocenters. The van der Waals surface area contributed by atoms with Gasteiger partial charge in [0.15, 0.2) is 6.61 Å². The maximum absolute atomic E-state index is 12.1. The molecule has 0 saturated carbocycles. The Kier molecular flexibility index (Phi) is 6.42. The number of benzene rings is 2. The molecule has 0 aliphatic carbocycles. The topological polar surface area (TPSA) is 75.7 Å². The molecule has 0 spiro atoms. The van der Waals surface area contributed by atoms with E-state index in [-0.39, 0.29) is 24.2 Å². The lowest BCUT2D eigenvalue weighted by atomic mass is 10.1. The van der Waals surface area contributed by atoms with Gasteiger partial charge in [0.05, 0.1) is 0 Å². The van der Waals surface area contributed by atoms with Crippen molar-refractivity contribution in [1.29, 1.82) is 0 Å². The SMILES string of the molecule is CC(=O)CCc1ccc(OCC(=O)Nc2ccc(N3CCCC3=O)cc2)cc1. The van der Waals surface area contributed by atoms with Crippen molar-refractivity contribution in [2.45, 2.75) is 32.6 Å². The Balaban J connectivity index is 1.46. The third-order valence-electron chi connectivity index (χ3n) is 4.60. The number of nitrogens with one attached hydrogen (secondary N) is 1. The molecule has 146 valence electrons. The summed E-state index contributed by atoms with van der Waals surface area (Å²) < 4.78 is 5.51. The second-order valence-corrected chi connectivity index (χ2v) is 6.88. The van der Waals surface area contributed by atoms with E-state index in [0.29, 0.717) is 30.7 Å². The molecule has 2 aromatic carbocycles. The van der Waals surface area contributed by atoms with Gasteiger partial charge in [-0.3, -0.25) is 9.59 Å². The molecule has 1 saturated heterocycles. The molecule has 1 fully saturated rings. The quantitative estimate of drug-likeness (QED) is 0.762. The fraction of sp³-hybridized carbons (Fsp3) is 0.318. The number of anilines is 2. The van der Waals surface area contributed by atoms with Crippen molar-refractivity contribution in [3.8, 4) is 5.75 Å². The zero-order valence-corrected chi connectivity index (χ0v) is 15.9. The molecule has 1 N–H and O–H groups in total. The van der Waals surface area contributed by atoms with E-state index in [1.807, 2.05) is 24.3 Å². The van der Waals surface area contributed by atoms with Crippen LogP contribution in [0.15, 0.2) is 48.5 Å². The summed E-state index contributed by atoms with van der Waals surface area (Å²) in [6.07, 6.45) is 2.70. The smallest absolute Gasteiger partial charge is 0.262 e. The van der Waals surface area contributed by atoms with Gasteiger partial charge in [0, 0.05) is 30.8 Å². The minimum absolute atomic E-state index is 0.0981. The maximum atomic E-state index is 12.1. The van der Waals surface area contributed by atoms with E-state index >= 15 is 0 Å². The third kappa shape index (κ3) is 5.42. The molecule has 1 aliphatic rings. The predicted octanol–water partition coefficient (Wildman–Crippen LogP) is 3.35. The fourth-order valence-corrected chi connectivity index (χ4v) is 3.06. The Hall–Kier alpha value is -3.15. The standard InChI is InChI=1S/C22H24N2O4/c1-16(25)4-5-17-6-12-20(13-7-17)28-15-21(26)23-18-8-10-19(11-9-18)24-14-2-3-22(24)27/h6-13H,2-5,14-15H2,1H3,(H,23,26). The molecule has 0 aromatic heterocycles. The Morgan fingerprint density at radius 2 is 1.79 bits per heavy atom. The van der Waals surface area contributed by atoms with Crippen LogP contribution in [-0.2, 0) is 20.8 Å². The average Bonchev–Trinajstić information content (AvgIpc) is 3.12. The van der Waals surface area contributed by atoms with Crippen LogP contribution in [0.3, 0.4) is 0 Å². The van der Waals surface area contributed by atoms with Gasteiger partial charge >= 0.3 is 0 Å². The lowest BCUT2D eigenvalue weighted by Crippen LogP contribution is -2.23. The van der Waals surface area contributed by atoms with Crippen molar-refractivity contribution >= 4 is 29.0 Å². The first-order valence-electron chi connectivity index (χ1n) is 9.43. The van der Waals surface area contributed by atoms with Crippen LogP contribution < -0.4 is 15.0 Å². The van der Waals surface area contributed by atoms with Gasteiger partial charge in [-0.15, -0.1) is 0 Å². The highest BCUT2D eigenvalue weighted by Gasteiger charge is 2.21. The Morgan fingerprint density at radius 3 is 2.39 bits per heavy atom. The second kappa shape index (κ2) is 9.17. The zero-order chi connectivity index (χ0) is 19.9. The molecule has 28 heavy (non-hydrogen) atoms. The lowest BCUT2D eigenvalue weighted by Gasteiger charge is -2.16. The van der Waals surface area contributed by atoms with Crippen molar-refractivity contribution in [3.63, 3.8) is 0 Å². The first-order chi connectivity index (χ1) is 13.5. The van der Waals surface area contributed by atoms with Gasteiger partial charge in [-0.1, -0.05) is 12.1 Å². The maximum Gasteiger partial charge on any atom is 0.262 e. The lowest BCUT2D eigenvalue weighted by molar-refractivity contribution is -0.118. The van der Waals surface area contributed by atoms with E-state index in [4.69, 9.17) is 4.74 Å². The third-order valence-corrected chi connectivity index (χ3v) is 4.60. The molecule has 2 aromatic rings. The molecule has 0 atom stereocenters. The number of aryl methyl sites for hydroxylation is 1. The van der Waals surface area contributed by atoms with E-state index in [1.165, 1.54) is 0 Å². The number of ether oxygens (including phenoxy) is 1. The highest BCUT2D eigenvalue weighted by Crippen LogP contribution is 2.23. The summed E-state index contributed by atoms with van der Waals surface area (Å²) in [7, 11) is 0. The summed E-state index contributed by atoms with van der Waals surface area (Å²) in [5.41, 5.74) is 2.56. The molecule has 3 rings (SSSR count). The predicted molar refractivity (Wildman–Crippen MR) is 108 cm³/mol. The average molecular weight is 380 g/mol. The van der Waals surface area contributed by atoms with Crippen LogP contribution in [0.25, 0.3) is 0 Å². The van der Waals surface area contributed by atoms with Crippen LogP contribution in [0.2, 0.25) is 0 Å². The van der Waals surface area contributed by atoms with Gasteiger partial charge in [0.2, 0.25) is 5.91 Å². The van der Waals surface area contributed by atoms with Crippen molar-refractivity contribution in [2.24, 2.45) is 0 Å². The number of hydrogen-bond donors (Lipinski definition) is 1. The van der Waals surface area contributed by atoms with E-state index in [2.05, 4.69) is 5.32 Å². The molecule has 6 nitrogen and oxygen atoms in total. The summed E-state index contributed by atoms with van der Waals surface area (Å²) in [6.45, 7) is 2.22. The van der Waals surface area contributed by atoms with Crippen LogP contribution in [0, 0.1) is 0 Å². The minimum atomic E-state index is -0.259. The van der Waals surface area contributed by atoms with Crippen molar-refractivity contribution in [2.75, 3.05) is 23.4 Å². The van der Waals surface area contributed by atoms with Gasteiger partial charge in [-0.05, 0) is 61.7 Å². The zero-order valence-electron chi connectivity index (χ0n) is 15.9. The number of amides is 2. The number of carbonyl (C=O) groups is 3. The first kappa shape index (κ1) is 19.6. The molecule has 2 amide bonds. The summed E-state index contributed by atoms with van der Waals surface area (Å²) in [5.74, 6) is 0.643. The molecule has 0 bridgehead atoms. The highest BCUT2D eigenvalue weighted by molar-refractivity contribution is 5.96. The first-order valence-corrected chi connectivity index (χ1v) is 9.43. The summed E-state index contributed by atoms with van der Waals surface area (Å²) >= 11 is 0. The van der Waals surface area contributed by atoms with E-state index in [0.717, 1.165) is 24.2 Å². The van der Waals surface area contributed by atoms with Gasteiger partial charge in [-0.2, -0.15) is 0 Å². The summed E-state index contributed by atoms with van der Waals surface area (Å²) in [5, 5.41) is 2.78. The number of Topliss-reactive ketones (excluding diaryl/α,β-unsaturated/α-hetero) is 1. The van der Waals surface area contributed by atoms with Crippen LogP contribution in [0.4, 0.5) is 11.4 Å². The number of carbonyl (C=O) groups excluding carboxylic acids is 3. The van der Waals surface area contributed by atoms with E-state index in [9.17, 15) is 14.4 Å². The van der Waals surface area contributed by atoms with Crippen LogP contribution in [-0.4, -0.2) is 30.7 Å². The normalized spacial score (nSPS) is 13.5. The van der Waals surface area contributed by atoms with E-state index < -0.39 is 0 Å². The highest BCUT2D eigenvalue weighted by atomic mass is 16.5. The Morgan fingerprint density at radius 1 is 1.07 bits per heavy atom. The van der Waals surface area contributed by atoms with Gasteiger partial charge < -0.3 is 19.7 Å². The molecule has 1 aliphatic heterocycles. The molecular formula is C22H24N2O4. The van der Waals surface area contributed by atoms with Gasteiger partial charge in [-0.25, -0.2) is 0 Å². The molecule has 0 radical (unpaired) electrons. The van der Waals surface area contributed by atoms with Crippen molar-refractivity contribution in [3.05, 3.63) is 54.1 Å². The van der Waals surface area contributed by atoms with Crippen molar-refractivity contribution < 1.29 is 19.1 Å². The monoisotopic (exact) mass is 380 g/mol. The Bertz CT molecular complexity index is 844.